The molecule has 4 heteroatoms. The van der Waals surface area contributed by atoms with Crippen molar-refractivity contribution in [3.8, 4) is 0 Å². The molecule has 0 unspecified atom stereocenters. The van der Waals surface area contributed by atoms with E-state index < -0.39 is 0 Å². The molecule has 0 heterocycles. The molecule has 0 fully saturated rings. The fourth-order valence-corrected chi connectivity index (χ4v) is 1.77. The minimum Gasteiger partial charge on any atom is -0.324 e. The van der Waals surface area contributed by atoms with Crippen molar-refractivity contribution in [3.05, 3.63) is 34.1 Å². The molecule has 0 bridgehead atoms. The van der Waals surface area contributed by atoms with Crippen LogP contribution in [0, 0.1) is 11.7 Å². The van der Waals surface area contributed by atoms with E-state index in [4.69, 9.17) is 5.73 Å². The van der Waals surface area contributed by atoms with Gasteiger partial charge in [-0.3, -0.25) is 0 Å². The van der Waals surface area contributed by atoms with Crippen LogP contribution in [0.4, 0.5) is 4.39 Å². The van der Waals surface area contributed by atoms with Crippen molar-refractivity contribution in [3.63, 3.8) is 0 Å². The van der Waals surface area contributed by atoms with E-state index in [1.54, 1.807) is 6.07 Å². The third-order valence-electron chi connectivity index (χ3n) is 2.09. The maximum Gasteiger partial charge on any atom is 0.129 e. The Labute approximate surface area is 105 Å². The topological polar surface area (TPSA) is 26.0 Å². The smallest absolute Gasteiger partial charge is 0.129 e. The molecule has 0 aliphatic rings. The summed E-state index contributed by atoms with van der Waals surface area (Å²) in [5.74, 6) is 0.251. The van der Waals surface area contributed by atoms with Crippen molar-refractivity contribution in [1.29, 1.82) is 0 Å². The Morgan fingerprint density at radius 3 is 2.47 bits per heavy atom. The Hall–Kier alpha value is -0.120. The predicted molar refractivity (Wildman–Crippen MR) is 67.7 cm³/mol. The highest BCUT2D eigenvalue weighted by atomic mass is 79.9. The van der Waals surface area contributed by atoms with E-state index >= 15 is 0 Å². The molecule has 0 amide bonds. The fourth-order valence-electron chi connectivity index (χ4n) is 1.44. The van der Waals surface area contributed by atoms with Crippen LogP contribution in [-0.4, -0.2) is 0 Å². The summed E-state index contributed by atoms with van der Waals surface area (Å²) >= 11 is 3.22. The van der Waals surface area contributed by atoms with Crippen LogP contribution in [-0.2, 0) is 0 Å². The molecule has 0 aromatic heterocycles. The molecule has 0 spiro atoms. The summed E-state index contributed by atoms with van der Waals surface area (Å²) in [6.07, 6.45) is 0.804. The second-order valence-corrected chi connectivity index (χ2v) is 4.82. The number of hydrogen-bond acceptors (Lipinski definition) is 1. The third kappa shape index (κ3) is 4.49. The van der Waals surface area contributed by atoms with Gasteiger partial charge in [-0.15, -0.1) is 12.4 Å². The zero-order valence-electron chi connectivity index (χ0n) is 8.84. The molecule has 15 heavy (non-hydrogen) atoms. The monoisotopic (exact) mass is 295 g/mol. The fraction of sp³-hybridized carbons (Fsp3) is 0.455. The molecule has 2 N–H and O–H groups in total. The predicted octanol–water partition coefficient (Wildman–Crippen LogP) is 4.06. The SMILES string of the molecule is CC(C)C[C@@H](N)c1ccc(Br)cc1F.Cl. The van der Waals surface area contributed by atoms with E-state index in [2.05, 4.69) is 29.8 Å². The summed E-state index contributed by atoms with van der Waals surface area (Å²) in [5.41, 5.74) is 6.49. The van der Waals surface area contributed by atoms with E-state index in [-0.39, 0.29) is 24.3 Å². The first-order valence-corrected chi connectivity index (χ1v) is 5.50. The molecule has 0 saturated heterocycles. The second kappa shape index (κ2) is 6.46. The quantitative estimate of drug-likeness (QED) is 0.894. The maximum absolute atomic E-state index is 13.4. The molecule has 1 rings (SSSR count). The zero-order chi connectivity index (χ0) is 10.7. The van der Waals surface area contributed by atoms with Crippen LogP contribution in [0.15, 0.2) is 22.7 Å². The first-order valence-electron chi connectivity index (χ1n) is 4.71. The van der Waals surface area contributed by atoms with Crippen LogP contribution < -0.4 is 5.73 Å². The Kier molecular flexibility index (Phi) is 6.41. The summed E-state index contributed by atoms with van der Waals surface area (Å²) in [6.45, 7) is 4.16. The Bertz CT molecular complexity index is 317. The molecule has 0 radical (unpaired) electrons. The van der Waals surface area contributed by atoms with Gasteiger partial charge in [0.05, 0.1) is 0 Å². The number of halogens is 3. The lowest BCUT2D eigenvalue weighted by molar-refractivity contribution is 0.489. The van der Waals surface area contributed by atoms with Gasteiger partial charge in [0.2, 0.25) is 0 Å². The van der Waals surface area contributed by atoms with Crippen molar-refractivity contribution >= 4 is 28.3 Å². The van der Waals surface area contributed by atoms with Gasteiger partial charge in [-0.25, -0.2) is 4.39 Å². The molecule has 0 aliphatic carbocycles. The maximum atomic E-state index is 13.4. The Morgan fingerprint density at radius 2 is 2.00 bits per heavy atom. The van der Waals surface area contributed by atoms with E-state index in [0.29, 0.717) is 11.5 Å². The van der Waals surface area contributed by atoms with Gasteiger partial charge in [0, 0.05) is 16.1 Å². The lowest BCUT2D eigenvalue weighted by Gasteiger charge is -2.15. The minimum atomic E-state index is -0.229. The van der Waals surface area contributed by atoms with Crippen LogP contribution in [0.3, 0.4) is 0 Å². The molecule has 0 aliphatic heterocycles. The van der Waals surface area contributed by atoms with Gasteiger partial charge in [-0.1, -0.05) is 35.8 Å². The lowest BCUT2D eigenvalue weighted by atomic mass is 9.97. The number of nitrogens with two attached hydrogens (primary N) is 1. The van der Waals surface area contributed by atoms with Gasteiger partial charge in [0.1, 0.15) is 5.82 Å². The van der Waals surface area contributed by atoms with Crippen molar-refractivity contribution in [2.45, 2.75) is 26.3 Å². The molecule has 86 valence electrons. The van der Waals surface area contributed by atoms with Crippen molar-refractivity contribution < 1.29 is 4.39 Å². The average molecular weight is 297 g/mol. The summed E-state index contributed by atoms with van der Waals surface area (Å²) in [7, 11) is 0. The van der Waals surface area contributed by atoms with Gasteiger partial charge >= 0.3 is 0 Å². The van der Waals surface area contributed by atoms with Crippen LogP contribution in [0.1, 0.15) is 31.9 Å². The normalized spacial score (nSPS) is 12.4. The molecule has 1 aromatic rings. The third-order valence-corrected chi connectivity index (χ3v) is 2.58. The van der Waals surface area contributed by atoms with Crippen LogP contribution >= 0.6 is 28.3 Å². The summed E-state index contributed by atoms with van der Waals surface area (Å²) in [4.78, 5) is 0. The Balaban J connectivity index is 0.00000196. The molecule has 1 aromatic carbocycles. The van der Waals surface area contributed by atoms with Crippen LogP contribution in [0.5, 0.6) is 0 Å². The molecular weight excluding hydrogens is 280 g/mol. The van der Waals surface area contributed by atoms with Crippen molar-refractivity contribution in [2.75, 3.05) is 0 Å². The summed E-state index contributed by atoms with van der Waals surface area (Å²) in [5, 5.41) is 0. The summed E-state index contributed by atoms with van der Waals surface area (Å²) < 4.78 is 14.2. The van der Waals surface area contributed by atoms with Gasteiger partial charge < -0.3 is 5.73 Å². The van der Waals surface area contributed by atoms with E-state index in [0.717, 1.165) is 10.9 Å². The van der Waals surface area contributed by atoms with Crippen LogP contribution in [0.25, 0.3) is 0 Å². The first kappa shape index (κ1) is 14.9. The Morgan fingerprint density at radius 1 is 1.40 bits per heavy atom. The molecule has 1 atom stereocenters. The van der Waals surface area contributed by atoms with Gasteiger partial charge in [0.25, 0.3) is 0 Å². The highest BCUT2D eigenvalue weighted by Gasteiger charge is 2.12. The van der Waals surface area contributed by atoms with Crippen molar-refractivity contribution in [2.24, 2.45) is 11.7 Å². The number of rotatable bonds is 3. The highest BCUT2D eigenvalue weighted by Crippen LogP contribution is 2.23. The van der Waals surface area contributed by atoms with E-state index in [1.807, 2.05) is 6.07 Å². The first-order chi connectivity index (χ1) is 6.50. The van der Waals surface area contributed by atoms with Crippen LogP contribution in [0.2, 0.25) is 0 Å². The largest absolute Gasteiger partial charge is 0.324 e. The number of benzene rings is 1. The number of hydrogen-bond donors (Lipinski definition) is 1. The van der Waals surface area contributed by atoms with Gasteiger partial charge in [-0.05, 0) is 24.5 Å². The second-order valence-electron chi connectivity index (χ2n) is 3.90. The van der Waals surface area contributed by atoms with Gasteiger partial charge in [-0.2, -0.15) is 0 Å². The minimum absolute atomic E-state index is 0. The average Bonchev–Trinajstić information content (AvgIpc) is 2.01. The molecule has 1 nitrogen and oxygen atoms in total. The van der Waals surface area contributed by atoms with Crippen molar-refractivity contribution in [1.82, 2.24) is 0 Å². The summed E-state index contributed by atoms with van der Waals surface area (Å²) in [6, 6.07) is 4.81. The van der Waals surface area contributed by atoms with Gasteiger partial charge in [0.15, 0.2) is 0 Å². The van der Waals surface area contributed by atoms with E-state index in [9.17, 15) is 4.39 Å². The molecular formula is C11H16BrClFN. The molecule has 0 saturated carbocycles. The van der Waals surface area contributed by atoms with E-state index in [1.165, 1.54) is 6.07 Å². The highest BCUT2D eigenvalue weighted by molar-refractivity contribution is 9.10. The zero-order valence-corrected chi connectivity index (χ0v) is 11.2. The standard InChI is InChI=1S/C11H15BrFN.ClH/c1-7(2)5-11(14)9-4-3-8(12)6-10(9)13;/h3-4,6-7,11H,5,14H2,1-2H3;1H/t11-;/m1./s1. The lowest BCUT2D eigenvalue weighted by Crippen LogP contribution is -2.14.